The molecule has 1 rings (SSSR count). The summed E-state index contributed by atoms with van der Waals surface area (Å²) in [6.45, 7) is 2.49. The van der Waals surface area contributed by atoms with E-state index in [4.69, 9.17) is 6.42 Å². The molecule has 0 heterocycles. The Hall–Kier alpha value is -1.59. The molecule has 1 aromatic carbocycles. The Morgan fingerprint density at radius 3 is 2.53 bits per heavy atom. The van der Waals surface area contributed by atoms with Gasteiger partial charge in [0, 0.05) is 0 Å². The van der Waals surface area contributed by atoms with Gasteiger partial charge in [-0.2, -0.15) is 0 Å². The largest absolute Gasteiger partial charge is 0.301 e. The van der Waals surface area contributed by atoms with Gasteiger partial charge in [0.15, 0.2) is 0 Å². The van der Waals surface area contributed by atoms with Crippen molar-refractivity contribution in [3.8, 4) is 12.3 Å². The van der Waals surface area contributed by atoms with Crippen molar-refractivity contribution >= 4 is 6.29 Å². The Morgan fingerprint density at radius 1 is 1.47 bits per heavy atom. The summed E-state index contributed by atoms with van der Waals surface area (Å²) in [4.78, 5) is 12.8. The molecule has 0 saturated carbocycles. The normalized spacial score (nSPS) is 12.1. The van der Waals surface area contributed by atoms with Gasteiger partial charge in [-0.1, -0.05) is 35.7 Å². The lowest BCUT2D eigenvalue weighted by atomic mass is 10.1. The topological polar surface area (TPSA) is 20.3 Å². The number of benzene rings is 1. The van der Waals surface area contributed by atoms with Gasteiger partial charge in [-0.15, -0.1) is 6.42 Å². The van der Waals surface area contributed by atoms with E-state index in [2.05, 4.69) is 5.92 Å². The number of terminal acetylenes is 1. The fraction of sp³-hybridized carbons (Fsp3) is 0.308. The minimum atomic E-state index is -0.248. The highest BCUT2D eigenvalue weighted by Crippen LogP contribution is 2.17. The molecule has 0 saturated heterocycles. The minimum Gasteiger partial charge on any atom is -0.301 e. The third-order valence-electron chi connectivity index (χ3n) is 2.36. The summed E-state index contributed by atoms with van der Waals surface area (Å²) in [6.07, 6.45) is 6.14. The third-order valence-corrected chi connectivity index (χ3v) is 2.36. The average molecular weight is 201 g/mol. The zero-order valence-electron chi connectivity index (χ0n) is 9.10. The van der Waals surface area contributed by atoms with Crippen LogP contribution in [0.15, 0.2) is 24.3 Å². The van der Waals surface area contributed by atoms with E-state index in [1.165, 1.54) is 5.56 Å². The van der Waals surface area contributed by atoms with Crippen LogP contribution in [0.5, 0.6) is 0 Å². The average Bonchev–Trinajstić information content (AvgIpc) is 2.22. The van der Waals surface area contributed by atoms with Crippen LogP contribution in [0.2, 0.25) is 0 Å². The van der Waals surface area contributed by atoms with E-state index < -0.39 is 0 Å². The molecule has 0 aliphatic heterocycles. The first-order chi connectivity index (χ1) is 7.19. The van der Waals surface area contributed by atoms with Gasteiger partial charge in [0.1, 0.15) is 6.29 Å². The second kappa shape index (κ2) is 5.33. The van der Waals surface area contributed by atoms with Crippen LogP contribution in [0.1, 0.15) is 17.2 Å². The number of aryl methyl sites for hydroxylation is 1. The predicted octanol–water partition coefficient (Wildman–Crippen LogP) is 1.80. The van der Waals surface area contributed by atoms with E-state index in [1.54, 1.807) is 0 Å². The zero-order valence-corrected chi connectivity index (χ0v) is 9.10. The zero-order chi connectivity index (χ0) is 11.3. The number of aldehydes is 1. The molecule has 0 spiro atoms. The molecule has 0 amide bonds. The molecule has 0 fully saturated rings. The first kappa shape index (κ1) is 11.5. The summed E-state index contributed by atoms with van der Waals surface area (Å²) < 4.78 is 0. The highest BCUT2D eigenvalue weighted by molar-refractivity contribution is 5.61. The molecule has 78 valence electrons. The van der Waals surface area contributed by atoms with Gasteiger partial charge in [0.25, 0.3) is 0 Å². The van der Waals surface area contributed by atoms with Gasteiger partial charge in [0.05, 0.1) is 12.6 Å². The van der Waals surface area contributed by atoms with E-state index in [0.29, 0.717) is 6.54 Å². The molecule has 0 radical (unpaired) electrons. The van der Waals surface area contributed by atoms with Crippen molar-refractivity contribution in [2.75, 3.05) is 13.6 Å². The van der Waals surface area contributed by atoms with E-state index in [-0.39, 0.29) is 6.04 Å². The number of carbonyl (C=O) groups is 1. The second-order valence-corrected chi connectivity index (χ2v) is 3.61. The van der Waals surface area contributed by atoms with Crippen LogP contribution in [-0.2, 0) is 4.79 Å². The van der Waals surface area contributed by atoms with Crippen LogP contribution in [0.25, 0.3) is 0 Å². The monoisotopic (exact) mass is 201 g/mol. The number of likely N-dealkylation sites (N-methyl/N-ethyl adjacent to an activating group) is 1. The van der Waals surface area contributed by atoms with Crippen molar-refractivity contribution in [1.82, 2.24) is 4.90 Å². The lowest BCUT2D eigenvalue weighted by Gasteiger charge is -2.21. The van der Waals surface area contributed by atoms with Crippen molar-refractivity contribution in [3.63, 3.8) is 0 Å². The molecule has 1 atom stereocenters. The molecule has 2 heteroatoms. The van der Waals surface area contributed by atoms with Crippen molar-refractivity contribution < 1.29 is 4.79 Å². The summed E-state index contributed by atoms with van der Waals surface area (Å²) in [5, 5.41) is 0. The molecule has 0 N–H and O–H groups in total. The van der Waals surface area contributed by atoms with Gasteiger partial charge >= 0.3 is 0 Å². The van der Waals surface area contributed by atoms with Crippen LogP contribution in [0, 0.1) is 19.3 Å². The fourth-order valence-corrected chi connectivity index (χ4v) is 1.44. The Balaban J connectivity index is 2.88. The predicted molar refractivity (Wildman–Crippen MR) is 61.4 cm³/mol. The summed E-state index contributed by atoms with van der Waals surface area (Å²) in [5.41, 5.74) is 2.16. The summed E-state index contributed by atoms with van der Waals surface area (Å²) in [6, 6.07) is 7.66. The van der Waals surface area contributed by atoms with Crippen molar-refractivity contribution in [2.45, 2.75) is 13.0 Å². The van der Waals surface area contributed by atoms with Crippen LogP contribution in [-0.4, -0.2) is 24.8 Å². The molecule has 0 aliphatic rings. The molecule has 1 unspecified atom stereocenters. The highest BCUT2D eigenvalue weighted by Gasteiger charge is 2.14. The van der Waals surface area contributed by atoms with Gasteiger partial charge in [-0.25, -0.2) is 0 Å². The number of hydrogen-bond acceptors (Lipinski definition) is 2. The Morgan fingerprint density at radius 2 is 2.07 bits per heavy atom. The molecular weight excluding hydrogens is 186 g/mol. The summed E-state index contributed by atoms with van der Waals surface area (Å²) in [5.74, 6) is 2.53. The van der Waals surface area contributed by atoms with Crippen LogP contribution < -0.4 is 0 Å². The summed E-state index contributed by atoms with van der Waals surface area (Å²) in [7, 11) is 1.85. The highest BCUT2D eigenvalue weighted by atomic mass is 16.1. The Labute approximate surface area is 90.9 Å². The maximum absolute atomic E-state index is 11.0. The Kier molecular flexibility index (Phi) is 4.08. The molecule has 0 aromatic heterocycles. The lowest BCUT2D eigenvalue weighted by molar-refractivity contribution is -0.112. The first-order valence-electron chi connectivity index (χ1n) is 4.84. The first-order valence-corrected chi connectivity index (χ1v) is 4.84. The number of nitrogens with zero attached hydrogens (tertiary/aromatic N) is 1. The van der Waals surface area contributed by atoms with Gasteiger partial charge < -0.3 is 4.79 Å². The number of rotatable bonds is 4. The fourth-order valence-electron chi connectivity index (χ4n) is 1.44. The minimum absolute atomic E-state index is 0.248. The van der Waals surface area contributed by atoms with Crippen LogP contribution in [0.3, 0.4) is 0 Å². The van der Waals surface area contributed by atoms with Crippen molar-refractivity contribution in [1.29, 1.82) is 0 Å². The maximum atomic E-state index is 11.0. The van der Waals surface area contributed by atoms with Gasteiger partial charge in [0.2, 0.25) is 0 Å². The van der Waals surface area contributed by atoms with E-state index in [1.807, 2.05) is 43.1 Å². The maximum Gasteiger partial charge on any atom is 0.141 e. The Bertz CT molecular complexity index is 361. The quantitative estimate of drug-likeness (QED) is 0.547. The van der Waals surface area contributed by atoms with E-state index in [9.17, 15) is 4.79 Å². The smallest absolute Gasteiger partial charge is 0.141 e. The number of carbonyl (C=O) groups excluding carboxylic acids is 1. The molecule has 1 aromatic rings. The van der Waals surface area contributed by atoms with Gasteiger partial charge in [-0.05, 0) is 19.5 Å². The van der Waals surface area contributed by atoms with Crippen molar-refractivity contribution in [3.05, 3.63) is 35.4 Å². The van der Waals surface area contributed by atoms with E-state index >= 15 is 0 Å². The molecule has 0 bridgehead atoms. The molecular formula is C13H15NO. The van der Waals surface area contributed by atoms with Gasteiger partial charge in [-0.3, -0.25) is 4.90 Å². The summed E-state index contributed by atoms with van der Waals surface area (Å²) >= 11 is 0. The molecule has 15 heavy (non-hydrogen) atoms. The van der Waals surface area contributed by atoms with Crippen molar-refractivity contribution in [2.24, 2.45) is 0 Å². The number of hydrogen-bond donors (Lipinski definition) is 0. The third kappa shape index (κ3) is 2.93. The molecule has 2 nitrogen and oxygen atoms in total. The SMILES string of the molecule is C#CCN(C)C(C=O)c1ccc(C)cc1. The van der Waals surface area contributed by atoms with Crippen LogP contribution >= 0.6 is 0 Å². The lowest BCUT2D eigenvalue weighted by Crippen LogP contribution is -2.25. The molecule has 0 aliphatic carbocycles. The second-order valence-electron chi connectivity index (χ2n) is 3.61. The van der Waals surface area contributed by atoms with E-state index in [0.717, 1.165) is 11.8 Å². The van der Waals surface area contributed by atoms with Crippen LogP contribution in [0.4, 0.5) is 0 Å². The standard InChI is InChI=1S/C13H15NO/c1-4-9-14(3)13(10-15)12-7-5-11(2)6-8-12/h1,5-8,10,13H,9H2,2-3H3.